The zero-order valence-corrected chi connectivity index (χ0v) is 10.6. The number of carboxylic acids is 1. The average molecular weight is 245 g/mol. The molecule has 0 saturated carbocycles. The van der Waals surface area contributed by atoms with Crippen molar-refractivity contribution in [2.75, 3.05) is 0 Å². The Morgan fingerprint density at radius 1 is 1.28 bits per heavy atom. The van der Waals surface area contributed by atoms with E-state index in [0.29, 0.717) is 16.8 Å². The summed E-state index contributed by atoms with van der Waals surface area (Å²) < 4.78 is 0. The highest BCUT2D eigenvalue weighted by Gasteiger charge is 2.20. The van der Waals surface area contributed by atoms with Gasteiger partial charge < -0.3 is 10.1 Å². The van der Waals surface area contributed by atoms with E-state index in [2.05, 4.69) is 18.8 Å². The van der Waals surface area contributed by atoms with Crippen molar-refractivity contribution in [2.24, 2.45) is 0 Å². The molecule has 0 spiro atoms. The molecule has 0 aliphatic rings. The fourth-order valence-electron chi connectivity index (χ4n) is 2.09. The van der Waals surface area contributed by atoms with Crippen LogP contribution in [0, 0.1) is 0 Å². The van der Waals surface area contributed by atoms with Crippen LogP contribution in [0.3, 0.4) is 0 Å². The van der Waals surface area contributed by atoms with Gasteiger partial charge in [0.2, 0.25) is 0 Å². The number of ketones is 1. The number of hydrogen-bond acceptors (Lipinski definition) is 2. The normalized spacial score (nSPS) is 11.1. The highest BCUT2D eigenvalue weighted by molar-refractivity contribution is 6.14. The summed E-state index contributed by atoms with van der Waals surface area (Å²) >= 11 is 0. The smallest absolute Gasteiger partial charge is 0.353 e. The van der Waals surface area contributed by atoms with Crippen molar-refractivity contribution in [2.45, 2.75) is 26.7 Å². The summed E-state index contributed by atoms with van der Waals surface area (Å²) in [6.45, 7) is 5.50. The quantitative estimate of drug-likeness (QED) is 0.816. The molecular formula is C14H15NO3. The number of carbonyl (C=O) groups is 2. The van der Waals surface area contributed by atoms with Crippen LogP contribution in [-0.2, 0) is 0 Å². The van der Waals surface area contributed by atoms with Crippen LogP contribution in [0.1, 0.15) is 53.1 Å². The summed E-state index contributed by atoms with van der Waals surface area (Å²) in [6.07, 6.45) is 0. The van der Waals surface area contributed by atoms with Crippen molar-refractivity contribution < 1.29 is 14.7 Å². The standard InChI is InChI=1S/C14H15NO3/c1-7(2)9-4-5-11-10(6-9)12(8(3)16)13(15-11)14(17)18/h4-7,15H,1-3H3,(H,17,18). The number of Topliss-reactive ketones (excluding diaryl/α,β-unsaturated/α-hetero) is 1. The van der Waals surface area contributed by atoms with Crippen LogP contribution in [0.25, 0.3) is 10.9 Å². The number of benzene rings is 1. The summed E-state index contributed by atoms with van der Waals surface area (Å²) in [5.41, 5.74) is 2.00. The number of rotatable bonds is 3. The summed E-state index contributed by atoms with van der Waals surface area (Å²) in [5, 5.41) is 9.80. The second-order valence-corrected chi connectivity index (χ2v) is 4.70. The molecule has 0 bridgehead atoms. The van der Waals surface area contributed by atoms with Gasteiger partial charge in [-0.2, -0.15) is 0 Å². The van der Waals surface area contributed by atoms with E-state index in [1.54, 1.807) is 0 Å². The van der Waals surface area contributed by atoms with Crippen molar-refractivity contribution in [1.29, 1.82) is 0 Å². The van der Waals surface area contributed by atoms with Crippen LogP contribution in [0.15, 0.2) is 18.2 Å². The molecule has 4 heteroatoms. The summed E-state index contributed by atoms with van der Waals surface area (Å²) in [6, 6.07) is 5.66. The minimum Gasteiger partial charge on any atom is -0.477 e. The Kier molecular flexibility index (Phi) is 2.95. The minimum atomic E-state index is -1.11. The van der Waals surface area contributed by atoms with E-state index in [9.17, 15) is 9.59 Å². The van der Waals surface area contributed by atoms with E-state index in [0.717, 1.165) is 5.56 Å². The Bertz CT molecular complexity index is 638. The maximum absolute atomic E-state index is 11.6. The molecule has 94 valence electrons. The molecule has 1 aromatic heterocycles. The molecule has 4 nitrogen and oxygen atoms in total. The molecule has 0 saturated heterocycles. The number of hydrogen-bond donors (Lipinski definition) is 2. The van der Waals surface area contributed by atoms with Crippen LogP contribution in [0.4, 0.5) is 0 Å². The van der Waals surface area contributed by atoms with Crippen LogP contribution >= 0.6 is 0 Å². The summed E-state index contributed by atoms with van der Waals surface area (Å²) in [5.74, 6) is -1.01. The van der Waals surface area contributed by atoms with Gasteiger partial charge in [-0.1, -0.05) is 19.9 Å². The van der Waals surface area contributed by atoms with Crippen LogP contribution in [-0.4, -0.2) is 21.8 Å². The minimum absolute atomic E-state index is 0.0293. The Balaban J connectivity index is 2.80. The second-order valence-electron chi connectivity index (χ2n) is 4.70. The highest BCUT2D eigenvalue weighted by atomic mass is 16.4. The van der Waals surface area contributed by atoms with E-state index in [1.165, 1.54) is 6.92 Å². The fraction of sp³-hybridized carbons (Fsp3) is 0.286. The lowest BCUT2D eigenvalue weighted by Gasteiger charge is -2.05. The summed E-state index contributed by atoms with van der Waals surface area (Å²) in [7, 11) is 0. The van der Waals surface area contributed by atoms with E-state index in [1.807, 2.05) is 18.2 Å². The Morgan fingerprint density at radius 3 is 2.44 bits per heavy atom. The Labute approximate surface area is 105 Å². The highest BCUT2D eigenvalue weighted by Crippen LogP contribution is 2.27. The number of carboxylic acid groups (broad SMARTS) is 1. The van der Waals surface area contributed by atoms with E-state index in [-0.39, 0.29) is 17.0 Å². The predicted molar refractivity (Wildman–Crippen MR) is 69.4 cm³/mol. The van der Waals surface area contributed by atoms with E-state index >= 15 is 0 Å². The molecule has 0 atom stereocenters. The lowest BCUT2D eigenvalue weighted by molar-refractivity contribution is 0.0687. The Hall–Kier alpha value is -2.10. The molecule has 1 heterocycles. The SMILES string of the molecule is CC(=O)c1c(C(=O)O)[nH]c2ccc(C(C)C)cc12. The molecule has 0 amide bonds. The van der Waals surface area contributed by atoms with Crippen molar-refractivity contribution in [3.05, 3.63) is 35.0 Å². The summed E-state index contributed by atoms with van der Waals surface area (Å²) in [4.78, 5) is 25.6. The molecule has 0 fully saturated rings. The zero-order chi connectivity index (χ0) is 13.4. The van der Waals surface area contributed by atoms with Crippen molar-refractivity contribution in [3.63, 3.8) is 0 Å². The van der Waals surface area contributed by atoms with Crippen LogP contribution in [0.2, 0.25) is 0 Å². The second kappa shape index (κ2) is 4.29. The number of fused-ring (bicyclic) bond motifs is 1. The third-order valence-corrected chi connectivity index (χ3v) is 3.06. The predicted octanol–water partition coefficient (Wildman–Crippen LogP) is 3.19. The first-order valence-electron chi connectivity index (χ1n) is 5.81. The first-order valence-corrected chi connectivity index (χ1v) is 5.81. The third kappa shape index (κ3) is 1.90. The first kappa shape index (κ1) is 12.4. The number of aromatic nitrogens is 1. The molecule has 2 rings (SSSR count). The number of aromatic carboxylic acids is 1. The number of H-pyrrole nitrogens is 1. The van der Waals surface area contributed by atoms with Gasteiger partial charge in [-0.15, -0.1) is 0 Å². The van der Waals surface area contributed by atoms with Gasteiger partial charge >= 0.3 is 5.97 Å². The number of nitrogens with one attached hydrogen (secondary N) is 1. The molecule has 2 aromatic rings. The van der Waals surface area contributed by atoms with Crippen molar-refractivity contribution >= 4 is 22.7 Å². The molecule has 2 N–H and O–H groups in total. The molecule has 0 radical (unpaired) electrons. The lowest BCUT2D eigenvalue weighted by atomic mass is 9.99. The van der Waals surface area contributed by atoms with E-state index < -0.39 is 5.97 Å². The van der Waals surface area contributed by atoms with Crippen LogP contribution in [0.5, 0.6) is 0 Å². The lowest BCUT2D eigenvalue weighted by Crippen LogP contribution is -2.04. The maximum atomic E-state index is 11.6. The largest absolute Gasteiger partial charge is 0.477 e. The molecule has 0 aliphatic carbocycles. The topological polar surface area (TPSA) is 70.2 Å². The van der Waals surface area contributed by atoms with E-state index in [4.69, 9.17) is 5.11 Å². The third-order valence-electron chi connectivity index (χ3n) is 3.06. The van der Waals surface area contributed by atoms with Crippen molar-refractivity contribution in [1.82, 2.24) is 4.98 Å². The van der Waals surface area contributed by atoms with Gasteiger partial charge in [0.15, 0.2) is 5.78 Å². The monoisotopic (exact) mass is 245 g/mol. The number of aromatic amines is 1. The van der Waals surface area contributed by atoms with Gasteiger partial charge in [0.25, 0.3) is 0 Å². The zero-order valence-electron chi connectivity index (χ0n) is 10.6. The van der Waals surface area contributed by atoms with Crippen LogP contribution < -0.4 is 0 Å². The van der Waals surface area contributed by atoms with Gasteiger partial charge in [0, 0.05) is 10.9 Å². The molecule has 18 heavy (non-hydrogen) atoms. The van der Waals surface area contributed by atoms with Crippen molar-refractivity contribution in [3.8, 4) is 0 Å². The van der Waals surface area contributed by atoms with Gasteiger partial charge in [0.05, 0.1) is 5.56 Å². The average Bonchev–Trinajstić information content (AvgIpc) is 2.66. The molecule has 1 aromatic carbocycles. The molecule has 0 unspecified atom stereocenters. The molecule has 0 aliphatic heterocycles. The Morgan fingerprint density at radius 2 is 1.94 bits per heavy atom. The molecular weight excluding hydrogens is 230 g/mol. The first-order chi connectivity index (χ1) is 8.41. The van der Waals surface area contributed by atoms with Gasteiger partial charge in [-0.05, 0) is 30.5 Å². The number of carbonyl (C=O) groups excluding carboxylic acids is 1. The fourth-order valence-corrected chi connectivity index (χ4v) is 2.09. The van der Waals surface area contributed by atoms with Gasteiger partial charge in [-0.3, -0.25) is 4.79 Å². The van der Waals surface area contributed by atoms with Gasteiger partial charge in [-0.25, -0.2) is 4.79 Å². The maximum Gasteiger partial charge on any atom is 0.353 e. The van der Waals surface area contributed by atoms with Gasteiger partial charge in [0.1, 0.15) is 5.69 Å².